The Hall–Kier alpha value is -1.08. The van der Waals surface area contributed by atoms with Crippen LogP contribution in [-0.4, -0.2) is 0 Å². The zero-order valence-corrected chi connectivity index (χ0v) is 12.4. The van der Waals surface area contributed by atoms with Crippen molar-refractivity contribution in [3.63, 3.8) is 0 Å². The Balaban J connectivity index is 2.18. The molecular formula is C17H20S. The zero-order chi connectivity index (χ0) is 12.9. The number of rotatable bonds is 1. The maximum Gasteiger partial charge on any atom is 0.0134 e. The van der Waals surface area contributed by atoms with Crippen molar-refractivity contribution >= 4 is 11.3 Å². The van der Waals surface area contributed by atoms with Crippen LogP contribution in [0.2, 0.25) is 0 Å². The van der Waals surface area contributed by atoms with Crippen LogP contribution in [-0.2, 0) is 6.42 Å². The van der Waals surface area contributed by atoms with E-state index in [1.165, 1.54) is 21.7 Å². The summed E-state index contributed by atoms with van der Waals surface area (Å²) in [5.41, 5.74) is 6.24. The quantitative estimate of drug-likeness (QED) is 0.673. The highest BCUT2D eigenvalue weighted by atomic mass is 32.1. The van der Waals surface area contributed by atoms with E-state index in [2.05, 4.69) is 52.0 Å². The molecule has 0 amide bonds. The van der Waals surface area contributed by atoms with Crippen molar-refractivity contribution in [3.8, 4) is 0 Å². The second kappa shape index (κ2) is 4.24. The molecule has 2 atom stereocenters. The molecule has 1 aliphatic carbocycles. The second-order valence-corrected chi connectivity index (χ2v) is 7.04. The van der Waals surface area contributed by atoms with Gasteiger partial charge < -0.3 is 0 Å². The summed E-state index contributed by atoms with van der Waals surface area (Å²) < 4.78 is 0. The fourth-order valence-corrected chi connectivity index (χ4v) is 4.61. The number of benzene rings is 1. The van der Waals surface area contributed by atoms with E-state index in [4.69, 9.17) is 0 Å². The summed E-state index contributed by atoms with van der Waals surface area (Å²) in [4.78, 5) is 3.00. The van der Waals surface area contributed by atoms with Crippen LogP contribution in [0.4, 0.5) is 0 Å². The highest BCUT2D eigenvalue weighted by Crippen LogP contribution is 2.46. The van der Waals surface area contributed by atoms with Gasteiger partial charge in [0.2, 0.25) is 0 Å². The molecule has 0 aliphatic heterocycles. The number of aryl methyl sites for hydroxylation is 2. The van der Waals surface area contributed by atoms with Crippen molar-refractivity contribution in [1.29, 1.82) is 0 Å². The minimum absolute atomic E-state index is 0.617. The van der Waals surface area contributed by atoms with E-state index in [9.17, 15) is 0 Å². The average Bonchev–Trinajstić information content (AvgIpc) is 2.77. The highest BCUT2D eigenvalue weighted by Gasteiger charge is 2.33. The molecule has 1 aromatic carbocycles. The number of thiophene rings is 1. The molecule has 0 radical (unpaired) electrons. The lowest BCUT2D eigenvalue weighted by Gasteiger charge is -2.18. The molecule has 3 rings (SSSR count). The zero-order valence-electron chi connectivity index (χ0n) is 11.6. The Morgan fingerprint density at radius 2 is 1.78 bits per heavy atom. The summed E-state index contributed by atoms with van der Waals surface area (Å²) in [5.74, 6) is 1.35. The summed E-state index contributed by atoms with van der Waals surface area (Å²) in [6.07, 6.45) is 1.23. The molecular weight excluding hydrogens is 236 g/mol. The molecule has 2 unspecified atom stereocenters. The predicted octanol–water partition coefficient (Wildman–Crippen LogP) is 5.00. The van der Waals surface area contributed by atoms with Crippen LogP contribution in [0.25, 0.3) is 0 Å². The van der Waals surface area contributed by atoms with E-state index >= 15 is 0 Å². The summed E-state index contributed by atoms with van der Waals surface area (Å²) >= 11 is 1.96. The largest absolute Gasteiger partial charge is 0.145 e. The Kier molecular flexibility index (Phi) is 2.82. The van der Waals surface area contributed by atoms with E-state index in [-0.39, 0.29) is 0 Å². The molecule has 0 spiro atoms. The fourth-order valence-electron chi connectivity index (χ4n) is 3.50. The fraction of sp³-hybridized carbons (Fsp3) is 0.412. The molecule has 0 saturated carbocycles. The molecule has 0 N–H and O–H groups in total. The molecule has 1 aliphatic rings. The Morgan fingerprint density at radius 3 is 2.44 bits per heavy atom. The summed E-state index contributed by atoms with van der Waals surface area (Å²) in [5, 5.41) is 0. The van der Waals surface area contributed by atoms with Gasteiger partial charge in [-0.25, -0.2) is 0 Å². The molecule has 18 heavy (non-hydrogen) atoms. The first-order valence-corrected chi connectivity index (χ1v) is 7.55. The summed E-state index contributed by atoms with van der Waals surface area (Å²) in [6, 6.07) is 8.99. The maximum absolute atomic E-state index is 2.40. The molecule has 0 nitrogen and oxygen atoms in total. The van der Waals surface area contributed by atoms with Gasteiger partial charge in [-0.05, 0) is 55.4 Å². The first-order chi connectivity index (χ1) is 8.59. The SMILES string of the molecule is Cc1sc(C)c(C2c3ccccc3CC2C)c1C. The third-order valence-corrected chi connectivity index (χ3v) is 5.57. The standard InChI is InChI=1S/C17H20S/c1-10-9-14-7-5-6-8-15(14)16(10)17-11(2)12(3)18-13(17)4/h5-8,10,16H,9H2,1-4H3. The van der Waals surface area contributed by atoms with Crippen LogP contribution in [0, 0.1) is 26.7 Å². The van der Waals surface area contributed by atoms with Crippen molar-refractivity contribution in [3.05, 3.63) is 56.3 Å². The number of fused-ring (bicyclic) bond motifs is 1. The first kappa shape index (κ1) is 12.0. The second-order valence-electron chi connectivity index (χ2n) is 5.61. The van der Waals surface area contributed by atoms with Crippen LogP contribution >= 0.6 is 11.3 Å². The van der Waals surface area contributed by atoms with Gasteiger partial charge in [-0.2, -0.15) is 0 Å². The Morgan fingerprint density at radius 1 is 1.06 bits per heavy atom. The average molecular weight is 256 g/mol. The van der Waals surface area contributed by atoms with Crippen molar-refractivity contribution in [2.45, 2.75) is 40.0 Å². The molecule has 1 aromatic heterocycles. The van der Waals surface area contributed by atoms with Gasteiger partial charge in [-0.15, -0.1) is 11.3 Å². The highest BCUT2D eigenvalue weighted by molar-refractivity contribution is 7.12. The molecule has 0 saturated heterocycles. The van der Waals surface area contributed by atoms with Crippen LogP contribution in [0.15, 0.2) is 24.3 Å². The van der Waals surface area contributed by atoms with Gasteiger partial charge in [0.25, 0.3) is 0 Å². The van der Waals surface area contributed by atoms with Gasteiger partial charge in [0.05, 0.1) is 0 Å². The smallest absolute Gasteiger partial charge is 0.0134 e. The van der Waals surface area contributed by atoms with Crippen LogP contribution < -0.4 is 0 Å². The molecule has 0 bridgehead atoms. The topological polar surface area (TPSA) is 0 Å². The van der Waals surface area contributed by atoms with E-state index in [1.54, 1.807) is 16.7 Å². The van der Waals surface area contributed by atoms with E-state index in [0.29, 0.717) is 5.92 Å². The normalized spacial score (nSPS) is 22.2. The van der Waals surface area contributed by atoms with Gasteiger partial charge in [0.1, 0.15) is 0 Å². The van der Waals surface area contributed by atoms with E-state index in [0.717, 1.165) is 5.92 Å². The molecule has 0 fully saturated rings. The van der Waals surface area contributed by atoms with Crippen molar-refractivity contribution < 1.29 is 0 Å². The minimum atomic E-state index is 0.617. The Labute approximate surface area is 114 Å². The van der Waals surface area contributed by atoms with Gasteiger partial charge in [-0.3, -0.25) is 0 Å². The van der Waals surface area contributed by atoms with Crippen LogP contribution in [0.3, 0.4) is 0 Å². The van der Waals surface area contributed by atoms with Crippen molar-refractivity contribution in [1.82, 2.24) is 0 Å². The van der Waals surface area contributed by atoms with Gasteiger partial charge in [-0.1, -0.05) is 31.2 Å². The molecule has 2 aromatic rings. The van der Waals surface area contributed by atoms with Gasteiger partial charge in [0, 0.05) is 15.7 Å². The molecule has 1 heteroatoms. The maximum atomic E-state index is 2.40. The summed E-state index contributed by atoms with van der Waals surface area (Å²) in [7, 11) is 0. The van der Waals surface area contributed by atoms with Crippen LogP contribution in [0.5, 0.6) is 0 Å². The van der Waals surface area contributed by atoms with E-state index < -0.39 is 0 Å². The van der Waals surface area contributed by atoms with Crippen molar-refractivity contribution in [2.24, 2.45) is 5.92 Å². The van der Waals surface area contributed by atoms with Crippen molar-refractivity contribution in [2.75, 3.05) is 0 Å². The molecule has 1 heterocycles. The summed E-state index contributed by atoms with van der Waals surface area (Å²) in [6.45, 7) is 9.23. The Bertz CT molecular complexity index is 592. The minimum Gasteiger partial charge on any atom is -0.145 e. The van der Waals surface area contributed by atoms with Gasteiger partial charge >= 0.3 is 0 Å². The number of hydrogen-bond donors (Lipinski definition) is 0. The lowest BCUT2D eigenvalue weighted by molar-refractivity contribution is 0.555. The predicted molar refractivity (Wildman–Crippen MR) is 79.7 cm³/mol. The van der Waals surface area contributed by atoms with Crippen LogP contribution in [0.1, 0.15) is 44.8 Å². The van der Waals surface area contributed by atoms with E-state index in [1.807, 2.05) is 11.3 Å². The number of hydrogen-bond acceptors (Lipinski definition) is 1. The molecule has 94 valence electrons. The monoisotopic (exact) mass is 256 g/mol. The third-order valence-electron chi connectivity index (χ3n) is 4.43. The lowest BCUT2D eigenvalue weighted by Crippen LogP contribution is -2.07. The first-order valence-electron chi connectivity index (χ1n) is 6.74. The lowest BCUT2D eigenvalue weighted by atomic mass is 9.85. The third kappa shape index (κ3) is 1.65. The van der Waals surface area contributed by atoms with Gasteiger partial charge in [0.15, 0.2) is 0 Å².